The van der Waals surface area contributed by atoms with Crippen molar-refractivity contribution in [1.82, 2.24) is 9.78 Å². The van der Waals surface area contributed by atoms with Crippen LogP contribution in [0.25, 0.3) is 0 Å². The molecule has 0 amide bonds. The normalized spacial score (nSPS) is 11.9. The fourth-order valence-corrected chi connectivity index (χ4v) is 1.53. The standard InChI is InChI=1S/C10H12BrN3O/c1-4-7(5-2)13-8-6-12-14(3)10(15)9(8)11/h1,6-7,13H,5H2,2-3H3. The molecule has 5 heteroatoms. The summed E-state index contributed by atoms with van der Waals surface area (Å²) in [5.74, 6) is 2.59. The van der Waals surface area contributed by atoms with E-state index in [2.05, 4.69) is 32.3 Å². The highest BCUT2D eigenvalue weighted by Gasteiger charge is 2.09. The van der Waals surface area contributed by atoms with Crippen LogP contribution in [0.15, 0.2) is 15.5 Å². The second-order valence-electron chi connectivity index (χ2n) is 3.07. The van der Waals surface area contributed by atoms with Gasteiger partial charge in [0.15, 0.2) is 0 Å². The molecular weight excluding hydrogens is 258 g/mol. The number of nitrogens with one attached hydrogen (secondary N) is 1. The van der Waals surface area contributed by atoms with Gasteiger partial charge in [0.1, 0.15) is 4.47 Å². The van der Waals surface area contributed by atoms with Crippen molar-refractivity contribution in [3.05, 3.63) is 21.0 Å². The van der Waals surface area contributed by atoms with Crippen molar-refractivity contribution in [1.29, 1.82) is 0 Å². The Morgan fingerprint density at radius 3 is 3.00 bits per heavy atom. The van der Waals surface area contributed by atoms with Crippen molar-refractivity contribution in [3.63, 3.8) is 0 Å². The molecule has 0 saturated heterocycles. The fourth-order valence-electron chi connectivity index (χ4n) is 1.06. The van der Waals surface area contributed by atoms with Crippen LogP contribution in [0.3, 0.4) is 0 Å². The first-order chi connectivity index (χ1) is 7.10. The quantitative estimate of drug-likeness (QED) is 0.844. The number of aryl methyl sites for hydroxylation is 1. The van der Waals surface area contributed by atoms with Gasteiger partial charge in [0.05, 0.1) is 17.9 Å². The highest BCUT2D eigenvalue weighted by atomic mass is 79.9. The second kappa shape index (κ2) is 4.99. The van der Waals surface area contributed by atoms with Gasteiger partial charge in [-0.05, 0) is 22.4 Å². The van der Waals surface area contributed by atoms with Gasteiger partial charge in [-0.25, -0.2) is 4.68 Å². The van der Waals surface area contributed by atoms with E-state index in [-0.39, 0.29) is 11.6 Å². The van der Waals surface area contributed by atoms with Crippen molar-refractivity contribution in [2.24, 2.45) is 7.05 Å². The van der Waals surface area contributed by atoms with Gasteiger partial charge in [-0.3, -0.25) is 4.79 Å². The lowest BCUT2D eigenvalue weighted by Crippen LogP contribution is -2.24. The Morgan fingerprint density at radius 1 is 1.80 bits per heavy atom. The summed E-state index contributed by atoms with van der Waals surface area (Å²) in [6.07, 6.45) is 7.68. The van der Waals surface area contributed by atoms with Crippen molar-refractivity contribution in [2.75, 3.05) is 5.32 Å². The van der Waals surface area contributed by atoms with Crippen molar-refractivity contribution in [2.45, 2.75) is 19.4 Å². The number of hydrogen-bond donors (Lipinski definition) is 1. The average Bonchev–Trinajstić information content (AvgIpc) is 2.25. The molecule has 0 aliphatic heterocycles. The van der Waals surface area contributed by atoms with Crippen molar-refractivity contribution >= 4 is 21.6 Å². The van der Waals surface area contributed by atoms with Crippen LogP contribution in [-0.2, 0) is 7.05 Å². The van der Waals surface area contributed by atoms with E-state index >= 15 is 0 Å². The minimum Gasteiger partial charge on any atom is -0.369 e. The van der Waals surface area contributed by atoms with Gasteiger partial charge < -0.3 is 5.32 Å². The Balaban J connectivity index is 3.03. The Kier molecular flexibility index (Phi) is 3.92. The van der Waals surface area contributed by atoms with Gasteiger partial charge in [0.2, 0.25) is 0 Å². The summed E-state index contributed by atoms with van der Waals surface area (Å²) < 4.78 is 1.71. The molecule has 1 aromatic heterocycles. The van der Waals surface area contributed by atoms with Gasteiger partial charge >= 0.3 is 0 Å². The molecule has 0 aliphatic carbocycles. The van der Waals surface area contributed by atoms with Gasteiger partial charge in [0, 0.05) is 7.05 Å². The molecule has 1 aromatic rings. The summed E-state index contributed by atoms with van der Waals surface area (Å²) in [6.45, 7) is 1.97. The highest BCUT2D eigenvalue weighted by Crippen LogP contribution is 2.17. The summed E-state index contributed by atoms with van der Waals surface area (Å²) in [5, 5.41) is 6.96. The third-order valence-electron chi connectivity index (χ3n) is 2.02. The molecular formula is C10H12BrN3O. The lowest BCUT2D eigenvalue weighted by molar-refractivity contribution is 0.701. The van der Waals surface area contributed by atoms with E-state index in [1.54, 1.807) is 13.2 Å². The van der Waals surface area contributed by atoms with E-state index in [0.29, 0.717) is 10.2 Å². The third-order valence-corrected chi connectivity index (χ3v) is 2.78. The largest absolute Gasteiger partial charge is 0.369 e. The highest BCUT2D eigenvalue weighted by molar-refractivity contribution is 9.10. The smallest absolute Gasteiger partial charge is 0.282 e. The Bertz CT molecular complexity index is 447. The molecule has 1 atom stereocenters. The maximum Gasteiger partial charge on any atom is 0.282 e. The zero-order valence-corrected chi connectivity index (χ0v) is 10.2. The van der Waals surface area contributed by atoms with Crippen LogP contribution in [0.1, 0.15) is 13.3 Å². The first-order valence-corrected chi connectivity index (χ1v) is 5.34. The second-order valence-corrected chi connectivity index (χ2v) is 3.87. The maximum atomic E-state index is 11.5. The molecule has 0 saturated carbocycles. The Hall–Kier alpha value is -1.28. The van der Waals surface area contributed by atoms with Crippen LogP contribution in [0.5, 0.6) is 0 Å². The summed E-state index contributed by atoms with van der Waals surface area (Å²) in [6, 6.07) is -0.0878. The predicted molar refractivity (Wildman–Crippen MR) is 63.7 cm³/mol. The van der Waals surface area contributed by atoms with Crippen LogP contribution >= 0.6 is 15.9 Å². The van der Waals surface area contributed by atoms with Crippen LogP contribution in [-0.4, -0.2) is 15.8 Å². The molecule has 1 heterocycles. The van der Waals surface area contributed by atoms with Crippen LogP contribution in [0, 0.1) is 12.3 Å². The zero-order valence-electron chi connectivity index (χ0n) is 8.62. The molecule has 0 radical (unpaired) electrons. The Labute approximate surface area is 96.8 Å². The first-order valence-electron chi connectivity index (χ1n) is 4.54. The van der Waals surface area contributed by atoms with E-state index < -0.39 is 0 Å². The minimum atomic E-state index is -0.188. The molecule has 0 aliphatic rings. The molecule has 15 heavy (non-hydrogen) atoms. The molecule has 1 N–H and O–H groups in total. The van der Waals surface area contributed by atoms with Gasteiger partial charge in [0.25, 0.3) is 5.56 Å². The molecule has 0 fully saturated rings. The lowest BCUT2D eigenvalue weighted by Gasteiger charge is -2.13. The van der Waals surface area contributed by atoms with Crippen LogP contribution < -0.4 is 10.9 Å². The SMILES string of the molecule is C#CC(CC)Nc1cnn(C)c(=O)c1Br. The Morgan fingerprint density at radius 2 is 2.47 bits per heavy atom. The summed E-state index contributed by atoms with van der Waals surface area (Å²) in [7, 11) is 1.59. The molecule has 4 nitrogen and oxygen atoms in total. The van der Waals surface area contributed by atoms with E-state index in [9.17, 15) is 4.79 Å². The number of rotatable bonds is 3. The number of anilines is 1. The fraction of sp³-hybridized carbons (Fsp3) is 0.400. The van der Waals surface area contributed by atoms with E-state index in [4.69, 9.17) is 6.42 Å². The first kappa shape index (κ1) is 11.8. The van der Waals surface area contributed by atoms with E-state index in [0.717, 1.165) is 6.42 Å². The topological polar surface area (TPSA) is 46.9 Å². The molecule has 0 bridgehead atoms. The lowest BCUT2D eigenvalue weighted by atomic mass is 10.2. The molecule has 0 aromatic carbocycles. The zero-order chi connectivity index (χ0) is 11.4. The molecule has 1 rings (SSSR count). The molecule has 0 spiro atoms. The number of hydrogen-bond acceptors (Lipinski definition) is 3. The van der Waals surface area contributed by atoms with Gasteiger partial charge in [-0.2, -0.15) is 5.10 Å². The number of aromatic nitrogens is 2. The minimum absolute atomic E-state index is 0.0878. The number of halogens is 1. The summed E-state index contributed by atoms with van der Waals surface area (Å²) in [5.41, 5.74) is 0.440. The molecule has 80 valence electrons. The van der Waals surface area contributed by atoms with Crippen LogP contribution in [0.2, 0.25) is 0 Å². The average molecular weight is 270 g/mol. The summed E-state index contributed by atoms with van der Waals surface area (Å²) in [4.78, 5) is 11.5. The van der Waals surface area contributed by atoms with Crippen molar-refractivity contribution in [3.8, 4) is 12.3 Å². The monoisotopic (exact) mass is 269 g/mol. The van der Waals surface area contributed by atoms with Gasteiger partial charge in [-0.15, -0.1) is 6.42 Å². The predicted octanol–water partition coefficient (Wildman–Crippen LogP) is 1.37. The molecule has 1 unspecified atom stereocenters. The summed E-state index contributed by atoms with van der Waals surface area (Å²) >= 11 is 3.21. The number of terminal acetylenes is 1. The maximum absolute atomic E-state index is 11.5. The van der Waals surface area contributed by atoms with E-state index in [1.165, 1.54) is 4.68 Å². The number of nitrogens with zero attached hydrogens (tertiary/aromatic N) is 2. The van der Waals surface area contributed by atoms with Crippen molar-refractivity contribution < 1.29 is 0 Å². The van der Waals surface area contributed by atoms with Gasteiger partial charge in [-0.1, -0.05) is 12.8 Å². The van der Waals surface area contributed by atoms with Crippen LogP contribution in [0.4, 0.5) is 5.69 Å². The van der Waals surface area contributed by atoms with E-state index in [1.807, 2.05) is 6.92 Å². The third kappa shape index (κ3) is 2.60.